The molecule has 2 aromatic heterocycles. The van der Waals surface area contributed by atoms with E-state index in [-0.39, 0.29) is 12.2 Å². The lowest BCUT2D eigenvalue weighted by Gasteiger charge is -2.05. The van der Waals surface area contributed by atoms with Crippen molar-refractivity contribution in [2.45, 2.75) is 6.61 Å². The first kappa shape index (κ1) is 9.61. The second kappa shape index (κ2) is 4.06. The van der Waals surface area contributed by atoms with Crippen LogP contribution in [0.1, 0.15) is 5.56 Å². The van der Waals surface area contributed by atoms with Gasteiger partial charge in [0, 0.05) is 24.2 Å². The molecule has 0 aromatic carbocycles. The molecule has 0 aliphatic carbocycles. The van der Waals surface area contributed by atoms with Gasteiger partial charge in [0.2, 0.25) is 0 Å². The second-order valence-electron chi connectivity index (χ2n) is 3.07. The van der Waals surface area contributed by atoms with E-state index in [1.54, 1.807) is 42.9 Å². The van der Waals surface area contributed by atoms with Crippen LogP contribution < -0.4 is 5.56 Å². The predicted molar refractivity (Wildman–Crippen MR) is 55.8 cm³/mol. The van der Waals surface area contributed by atoms with Gasteiger partial charge in [-0.05, 0) is 24.3 Å². The summed E-state index contributed by atoms with van der Waals surface area (Å²) in [5.41, 5.74) is 0.922. The fourth-order valence-corrected chi connectivity index (χ4v) is 1.37. The highest BCUT2D eigenvalue weighted by molar-refractivity contribution is 5.30. The summed E-state index contributed by atoms with van der Waals surface area (Å²) in [6, 6.07) is 6.82. The van der Waals surface area contributed by atoms with E-state index in [1.165, 1.54) is 4.57 Å². The van der Waals surface area contributed by atoms with Crippen molar-refractivity contribution >= 4 is 0 Å². The first-order chi connectivity index (χ1) is 7.33. The van der Waals surface area contributed by atoms with E-state index in [4.69, 9.17) is 5.11 Å². The van der Waals surface area contributed by atoms with E-state index >= 15 is 0 Å². The van der Waals surface area contributed by atoms with E-state index < -0.39 is 0 Å². The van der Waals surface area contributed by atoms with E-state index in [1.807, 2.05) is 0 Å². The molecule has 0 amide bonds. The molecule has 0 bridgehead atoms. The third kappa shape index (κ3) is 1.80. The molecule has 2 rings (SSSR count). The molecule has 0 spiro atoms. The Labute approximate surface area is 86.5 Å². The van der Waals surface area contributed by atoms with Crippen LogP contribution in [-0.4, -0.2) is 14.7 Å². The Morgan fingerprint density at radius 1 is 1.27 bits per heavy atom. The van der Waals surface area contributed by atoms with Crippen molar-refractivity contribution in [1.29, 1.82) is 0 Å². The standard InChI is InChI=1S/C11H10N2O2/c14-8-9-2-1-7-13(11(9)15)10-3-5-12-6-4-10/h1-7,14H,8H2. The summed E-state index contributed by atoms with van der Waals surface area (Å²) in [5, 5.41) is 8.96. The maximum Gasteiger partial charge on any atom is 0.260 e. The Hall–Kier alpha value is -1.94. The summed E-state index contributed by atoms with van der Waals surface area (Å²) in [6.45, 7) is -0.245. The number of nitrogens with zero attached hydrogens (tertiary/aromatic N) is 2. The summed E-state index contributed by atoms with van der Waals surface area (Å²) < 4.78 is 1.48. The predicted octanol–water partition coefficient (Wildman–Crippen LogP) is 0.725. The van der Waals surface area contributed by atoms with E-state index in [9.17, 15) is 4.79 Å². The van der Waals surface area contributed by atoms with Gasteiger partial charge in [-0.1, -0.05) is 0 Å². The van der Waals surface area contributed by atoms with Gasteiger partial charge in [-0.15, -0.1) is 0 Å². The highest BCUT2D eigenvalue weighted by Crippen LogP contribution is 2.02. The lowest BCUT2D eigenvalue weighted by Crippen LogP contribution is -2.21. The zero-order valence-corrected chi connectivity index (χ0v) is 8.00. The van der Waals surface area contributed by atoms with Crippen molar-refractivity contribution in [3.8, 4) is 5.69 Å². The van der Waals surface area contributed by atoms with Gasteiger partial charge in [0.15, 0.2) is 0 Å². The zero-order chi connectivity index (χ0) is 10.7. The van der Waals surface area contributed by atoms with Crippen LogP contribution >= 0.6 is 0 Å². The number of pyridine rings is 2. The van der Waals surface area contributed by atoms with Crippen LogP contribution in [0.3, 0.4) is 0 Å². The molecule has 2 aromatic rings. The Morgan fingerprint density at radius 3 is 2.67 bits per heavy atom. The fourth-order valence-electron chi connectivity index (χ4n) is 1.37. The molecular formula is C11H10N2O2. The van der Waals surface area contributed by atoms with Crippen LogP contribution in [-0.2, 0) is 6.61 Å². The SMILES string of the molecule is O=c1c(CO)cccn1-c1ccncc1. The summed E-state index contributed by atoms with van der Waals surface area (Å²) in [6.07, 6.45) is 4.90. The average molecular weight is 202 g/mol. The number of hydrogen-bond donors (Lipinski definition) is 1. The Morgan fingerprint density at radius 2 is 2.00 bits per heavy atom. The van der Waals surface area contributed by atoms with Crippen molar-refractivity contribution < 1.29 is 5.11 Å². The molecule has 0 atom stereocenters. The lowest BCUT2D eigenvalue weighted by molar-refractivity contribution is 0.279. The maximum atomic E-state index is 11.8. The smallest absolute Gasteiger partial charge is 0.260 e. The maximum absolute atomic E-state index is 11.8. The van der Waals surface area contributed by atoms with E-state index in [0.29, 0.717) is 5.56 Å². The van der Waals surface area contributed by atoms with Gasteiger partial charge >= 0.3 is 0 Å². The van der Waals surface area contributed by atoms with Crippen LogP contribution in [0.25, 0.3) is 5.69 Å². The number of aliphatic hydroxyl groups excluding tert-OH is 1. The summed E-state index contributed by atoms with van der Waals surface area (Å²) in [7, 11) is 0. The third-order valence-corrected chi connectivity index (χ3v) is 2.14. The normalized spacial score (nSPS) is 10.2. The summed E-state index contributed by atoms with van der Waals surface area (Å²) >= 11 is 0. The van der Waals surface area contributed by atoms with Crippen LogP contribution in [0.5, 0.6) is 0 Å². The average Bonchev–Trinajstić information content (AvgIpc) is 2.30. The minimum atomic E-state index is -0.245. The molecule has 0 fully saturated rings. The van der Waals surface area contributed by atoms with Gasteiger partial charge in [-0.2, -0.15) is 0 Å². The fraction of sp³-hybridized carbons (Fsp3) is 0.0909. The van der Waals surface area contributed by atoms with Gasteiger partial charge in [0.05, 0.1) is 12.3 Å². The molecule has 0 radical (unpaired) electrons. The minimum Gasteiger partial charge on any atom is -0.391 e. The molecule has 0 saturated heterocycles. The Kier molecular flexibility index (Phi) is 2.60. The molecule has 0 saturated carbocycles. The first-order valence-corrected chi connectivity index (χ1v) is 4.55. The van der Waals surface area contributed by atoms with Crippen LogP contribution in [0.4, 0.5) is 0 Å². The van der Waals surface area contributed by atoms with Gasteiger partial charge < -0.3 is 5.11 Å². The number of aromatic nitrogens is 2. The van der Waals surface area contributed by atoms with Crippen LogP contribution in [0, 0.1) is 0 Å². The van der Waals surface area contributed by atoms with E-state index in [2.05, 4.69) is 4.98 Å². The number of hydrogen-bond acceptors (Lipinski definition) is 3. The minimum absolute atomic E-state index is 0.203. The van der Waals surface area contributed by atoms with Crippen LogP contribution in [0.2, 0.25) is 0 Å². The van der Waals surface area contributed by atoms with Crippen molar-refractivity contribution in [3.05, 3.63) is 58.8 Å². The Balaban J connectivity index is 2.60. The summed E-state index contributed by atoms with van der Waals surface area (Å²) in [5.74, 6) is 0. The Bertz CT molecular complexity index is 505. The molecule has 76 valence electrons. The van der Waals surface area contributed by atoms with Crippen molar-refractivity contribution in [3.63, 3.8) is 0 Å². The quantitative estimate of drug-likeness (QED) is 0.780. The molecule has 1 N–H and O–H groups in total. The molecule has 0 unspecified atom stereocenters. The number of aliphatic hydroxyl groups is 1. The van der Waals surface area contributed by atoms with Crippen molar-refractivity contribution in [1.82, 2.24) is 9.55 Å². The topological polar surface area (TPSA) is 55.1 Å². The highest BCUT2D eigenvalue weighted by Gasteiger charge is 2.02. The van der Waals surface area contributed by atoms with Gasteiger partial charge in [-0.3, -0.25) is 14.3 Å². The molecule has 0 aliphatic rings. The molecule has 15 heavy (non-hydrogen) atoms. The molecule has 0 aliphatic heterocycles. The first-order valence-electron chi connectivity index (χ1n) is 4.55. The van der Waals surface area contributed by atoms with E-state index in [0.717, 1.165) is 5.69 Å². The third-order valence-electron chi connectivity index (χ3n) is 2.14. The lowest BCUT2D eigenvalue weighted by atomic mass is 10.3. The molecule has 4 heteroatoms. The van der Waals surface area contributed by atoms with Crippen molar-refractivity contribution in [2.24, 2.45) is 0 Å². The molecule has 4 nitrogen and oxygen atoms in total. The van der Waals surface area contributed by atoms with Gasteiger partial charge in [-0.25, -0.2) is 0 Å². The highest BCUT2D eigenvalue weighted by atomic mass is 16.3. The van der Waals surface area contributed by atoms with Crippen LogP contribution in [0.15, 0.2) is 47.7 Å². The molecule has 2 heterocycles. The largest absolute Gasteiger partial charge is 0.391 e. The number of rotatable bonds is 2. The monoisotopic (exact) mass is 202 g/mol. The zero-order valence-electron chi connectivity index (χ0n) is 8.00. The van der Waals surface area contributed by atoms with Gasteiger partial charge in [0.1, 0.15) is 0 Å². The molecular weight excluding hydrogens is 192 g/mol. The second-order valence-corrected chi connectivity index (χ2v) is 3.07. The summed E-state index contributed by atoms with van der Waals surface area (Å²) in [4.78, 5) is 15.7. The van der Waals surface area contributed by atoms with Crippen molar-refractivity contribution in [2.75, 3.05) is 0 Å². The van der Waals surface area contributed by atoms with Gasteiger partial charge in [0.25, 0.3) is 5.56 Å².